The zero-order valence-corrected chi connectivity index (χ0v) is 17.5. The van der Waals surface area contributed by atoms with Gasteiger partial charge in [-0.1, -0.05) is 15.9 Å². The molecule has 5 heteroatoms. The smallest absolute Gasteiger partial charge is 0.244 e. The molecule has 0 unspecified atom stereocenters. The number of benzene rings is 1. The lowest BCUT2D eigenvalue weighted by molar-refractivity contribution is -0.120. The van der Waals surface area contributed by atoms with Crippen molar-refractivity contribution in [3.8, 4) is 5.75 Å². The van der Waals surface area contributed by atoms with E-state index < -0.39 is 0 Å². The molecule has 25 heavy (non-hydrogen) atoms. The average Bonchev–Trinajstić information content (AvgIpc) is 2.55. The third kappa shape index (κ3) is 3.55. The van der Waals surface area contributed by atoms with Crippen molar-refractivity contribution in [2.75, 3.05) is 7.11 Å². The van der Waals surface area contributed by atoms with E-state index >= 15 is 0 Å². The molecular formula is C20H23Br2NO2. The Morgan fingerprint density at radius 1 is 1.12 bits per heavy atom. The van der Waals surface area contributed by atoms with Crippen molar-refractivity contribution >= 4 is 43.8 Å². The van der Waals surface area contributed by atoms with Crippen LogP contribution in [0.1, 0.15) is 37.7 Å². The Balaban J connectivity index is 1.45. The van der Waals surface area contributed by atoms with Gasteiger partial charge < -0.3 is 10.1 Å². The number of nitrogens with one attached hydrogen (secondary N) is 1. The summed E-state index contributed by atoms with van der Waals surface area (Å²) in [4.78, 5) is 12.5. The molecule has 1 N–H and O–H groups in total. The first-order valence-corrected chi connectivity index (χ1v) is 10.6. The molecule has 0 radical (unpaired) electrons. The third-order valence-corrected chi connectivity index (χ3v) is 7.24. The Labute approximate surface area is 165 Å². The van der Waals surface area contributed by atoms with Crippen LogP contribution in [0.15, 0.2) is 27.2 Å². The van der Waals surface area contributed by atoms with Crippen molar-refractivity contribution < 1.29 is 9.53 Å². The van der Waals surface area contributed by atoms with Crippen LogP contribution in [0.2, 0.25) is 0 Å². The fourth-order valence-electron chi connectivity index (χ4n) is 5.46. The van der Waals surface area contributed by atoms with Crippen LogP contribution in [0.5, 0.6) is 5.75 Å². The van der Waals surface area contributed by atoms with E-state index in [9.17, 15) is 4.79 Å². The van der Waals surface area contributed by atoms with Gasteiger partial charge in [-0.2, -0.15) is 0 Å². The lowest BCUT2D eigenvalue weighted by Crippen LogP contribution is -2.55. The quantitative estimate of drug-likeness (QED) is 0.618. The van der Waals surface area contributed by atoms with Gasteiger partial charge in [0, 0.05) is 22.2 Å². The molecule has 1 amide bonds. The maximum atomic E-state index is 12.5. The van der Waals surface area contributed by atoms with E-state index in [1.807, 2.05) is 18.2 Å². The SMILES string of the molecule is COc1c(Br)cc(Br)cc1C=CC(=O)NC1C2CC3CC(C2)CC1C3. The van der Waals surface area contributed by atoms with Gasteiger partial charge in [-0.3, -0.25) is 4.79 Å². The standard InChI is InChI=1S/C20H23Br2NO2/c1-25-20-13(9-16(21)10-17(20)22)2-3-18(24)23-19-14-5-11-4-12(7-14)8-15(19)6-11/h2-3,9-12,14-15,19H,4-8H2,1H3,(H,23,24). The van der Waals surface area contributed by atoms with E-state index in [1.165, 1.54) is 32.1 Å². The summed E-state index contributed by atoms with van der Waals surface area (Å²) >= 11 is 6.98. The van der Waals surface area contributed by atoms with E-state index in [1.54, 1.807) is 13.2 Å². The largest absolute Gasteiger partial charge is 0.495 e. The van der Waals surface area contributed by atoms with Crippen LogP contribution in [0.25, 0.3) is 6.08 Å². The minimum absolute atomic E-state index is 0.00984. The molecule has 134 valence electrons. The normalized spacial score (nSPS) is 33.0. The molecule has 1 aromatic rings. The molecule has 0 atom stereocenters. The Kier molecular flexibility index (Phi) is 4.98. The highest BCUT2D eigenvalue weighted by Gasteiger charge is 2.48. The van der Waals surface area contributed by atoms with Crippen molar-refractivity contribution in [2.24, 2.45) is 23.7 Å². The van der Waals surface area contributed by atoms with E-state index in [0.29, 0.717) is 17.9 Å². The highest BCUT2D eigenvalue weighted by molar-refractivity contribution is 9.11. The summed E-state index contributed by atoms with van der Waals surface area (Å²) in [5.41, 5.74) is 0.879. The van der Waals surface area contributed by atoms with Crippen molar-refractivity contribution in [3.05, 3.63) is 32.7 Å². The highest BCUT2D eigenvalue weighted by atomic mass is 79.9. The molecule has 5 rings (SSSR count). The molecule has 0 aromatic heterocycles. The van der Waals surface area contributed by atoms with Crippen molar-refractivity contribution in [1.82, 2.24) is 5.32 Å². The second-order valence-corrected chi connectivity index (χ2v) is 9.58. The first kappa shape index (κ1) is 17.6. The van der Waals surface area contributed by atoms with E-state index in [-0.39, 0.29) is 5.91 Å². The Hall–Kier alpha value is -0.810. The van der Waals surface area contributed by atoms with Crippen LogP contribution in [0.4, 0.5) is 0 Å². The van der Waals surface area contributed by atoms with Crippen LogP contribution >= 0.6 is 31.9 Å². The zero-order valence-electron chi connectivity index (χ0n) is 14.3. The van der Waals surface area contributed by atoms with Gasteiger partial charge in [-0.25, -0.2) is 0 Å². The Morgan fingerprint density at radius 2 is 1.76 bits per heavy atom. The zero-order chi connectivity index (χ0) is 17.6. The van der Waals surface area contributed by atoms with Gasteiger partial charge in [0.2, 0.25) is 5.91 Å². The van der Waals surface area contributed by atoms with Crippen molar-refractivity contribution in [2.45, 2.75) is 38.1 Å². The van der Waals surface area contributed by atoms with E-state index in [2.05, 4.69) is 37.2 Å². The van der Waals surface area contributed by atoms with E-state index in [4.69, 9.17) is 4.74 Å². The second kappa shape index (κ2) is 7.07. The maximum Gasteiger partial charge on any atom is 0.244 e. The van der Waals surface area contributed by atoms with Gasteiger partial charge in [0.05, 0.1) is 11.6 Å². The minimum Gasteiger partial charge on any atom is -0.495 e. The van der Waals surface area contributed by atoms with Gasteiger partial charge in [-0.05, 0) is 89.9 Å². The molecule has 4 bridgehead atoms. The number of carbonyl (C=O) groups excluding carboxylic acids is 1. The number of ether oxygens (including phenoxy) is 1. The van der Waals surface area contributed by atoms with Crippen LogP contribution in [0.3, 0.4) is 0 Å². The summed E-state index contributed by atoms with van der Waals surface area (Å²) in [6.07, 6.45) is 10.2. The molecule has 0 saturated heterocycles. The van der Waals surface area contributed by atoms with Crippen LogP contribution in [-0.4, -0.2) is 19.1 Å². The lowest BCUT2D eigenvalue weighted by Gasteiger charge is -2.54. The number of carbonyl (C=O) groups is 1. The van der Waals surface area contributed by atoms with E-state index in [0.717, 1.165) is 32.1 Å². The number of hydrogen-bond acceptors (Lipinski definition) is 2. The number of halogens is 2. The summed E-state index contributed by atoms with van der Waals surface area (Å²) in [6.45, 7) is 0. The van der Waals surface area contributed by atoms with Gasteiger partial charge in [0.15, 0.2) is 0 Å². The second-order valence-electron chi connectivity index (χ2n) is 7.81. The molecule has 4 saturated carbocycles. The van der Waals surface area contributed by atoms with Crippen LogP contribution < -0.4 is 10.1 Å². The highest BCUT2D eigenvalue weighted by Crippen LogP contribution is 2.53. The van der Waals surface area contributed by atoms with Gasteiger partial charge in [0.1, 0.15) is 5.75 Å². The number of methoxy groups -OCH3 is 1. The summed E-state index contributed by atoms with van der Waals surface area (Å²) in [6, 6.07) is 4.27. The lowest BCUT2D eigenvalue weighted by atomic mass is 9.54. The fraction of sp³-hybridized carbons (Fsp3) is 0.550. The van der Waals surface area contributed by atoms with Crippen LogP contribution in [-0.2, 0) is 4.79 Å². The monoisotopic (exact) mass is 467 g/mol. The molecule has 0 aliphatic heterocycles. The average molecular weight is 469 g/mol. The first-order chi connectivity index (χ1) is 12.0. The summed E-state index contributed by atoms with van der Waals surface area (Å²) < 4.78 is 7.25. The molecule has 4 aliphatic rings. The Bertz CT molecular complexity index is 688. The molecular weight excluding hydrogens is 446 g/mol. The van der Waals surface area contributed by atoms with Gasteiger partial charge in [0.25, 0.3) is 0 Å². The minimum atomic E-state index is 0.00984. The number of rotatable bonds is 4. The third-order valence-electron chi connectivity index (χ3n) is 6.19. The number of hydrogen-bond donors (Lipinski definition) is 1. The van der Waals surface area contributed by atoms with Crippen molar-refractivity contribution in [1.29, 1.82) is 0 Å². The molecule has 4 aliphatic carbocycles. The molecule has 1 aromatic carbocycles. The topological polar surface area (TPSA) is 38.3 Å². The Morgan fingerprint density at radius 3 is 2.36 bits per heavy atom. The molecule has 0 spiro atoms. The predicted molar refractivity (Wildman–Crippen MR) is 106 cm³/mol. The number of amides is 1. The van der Waals surface area contributed by atoms with Gasteiger partial charge in [-0.15, -0.1) is 0 Å². The van der Waals surface area contributed by atoms with Crippen LogP contribution in [0, 0.1) is 23.7 Å². The first-order valence-electron chi connectivity index (χ1n) is 9.05. The maximum absolute atomic E-state index is 12.5. The summed E-state index contributed by atoms with van der Waals surface area (Å²) in [7, 11) is 1.64. The molecule has 3 nitrogen and oxygen atoms in total. The van der Waals surface area contributed by atoms with Gasteiger partial charge >= 0.3 is 0 Å². The predicted octanol–water partition coefficient (Wildman–Crippen LogP) is 5.17. The molecule has 4 fully saturated rings. The fourth-order valence-corrected chi connectivity index (χ4v) is 6.88. The summed E-state index contributed by atoms with van der Waals surface area (Å²) in [5, 5.41) is 3.31. The summed E-state index contributed by atoms with van der Waals surface area (Å²) in [5.74, 6) is 3.99. The van der Waals surface area contributed by atoms with Crippen molar-refractivity contribution in [3.63, 3.8) is 0 Å². The molecule has 0 heterocycles.